The number of fused-ring (bicyclic) bond motifs is 4. The van der Waals surface area contributed by atoms with Gasteiger partial charge in [-0.05, 0) is 6.92 Å². The molecule has 4 aromatic heterocycles. The number of rotatable bonds is 5. The maximum absolute atomic E-state index is 14.2. The second-order valence-corrected chi connectivity index (χ2v) is 10.9. The van der Waals surface area contributed by atoms with Crippen molar-refractivity contribution in [1.29, 1.82) is 0 Å². The number of nitrogen functional groups attached to an aromatic ring is 2. The number of phosphoric ester groups is 1. The number of aliphatic hydroxyl groups is 1. The molecule has 232 valence electrons. The molecule has 6 rings (SSSR count). The molecule has 0 radical (unpaired) electrons. The van der Waals surface area contributed by atoms with E-state index in [4.69, 9.17) is 39.5 Å². The van der Waals surface area contributed by atoms with E-state index in [1.165, 1.54) is 21.8 Å². The van der Waals surface area contributed by atoms with Crippen molar-refractivity contribution in [2.24, 2.45) is 0 Å². The van der Waals surface area contributed by atoms with Crippen LogP contribution < -0.4 is 17.0 Å². The molecule has 6 unspecified atom stereocenters. The second kappa shape index (κ2) is 11.4. The minimum atomic E-state index is -5.02. The molecule has 2 fully saturated rings. The predicted molar refractivity (Wildman–Crippen MR) is 139 cm³/mol. The van der Waals surface area contributed by atoms with Gasteiger partial charge in [0.2, 0.25) is 5.95 Å². The fourth-order valence-electron chi connectivity index (χ4n) is 4.71. The van der Waals surface area contributed by atoms with Gasteiger partial charge in [-0.2, -0.15) is 4.98 Å². The number of alkyl halides is 1. The van der Waals surface area contributed by atoms with Crippen molar-refractivity contribution >= 4 is 41.9 Å². The normalized spacial score (nSPS) is 31.2. The Balaban J connectivity index is 1.26. The van der Waals surface area contributed by atoms with Crippen LogP contribution in [0.3, 0.4) is 0 Å². The third kappa shape index (κ3) is 5.57. The van der Waals surface area contributed by atoms with Crippen molar-refractivity contribution < 1.29 is 47.0 Å². The highest BCUT2D eigenvalue weighted by Gasteiger charge is 2.51. The molecule has 7 N–H and O–H groups in total. The summed E-state index contributed by atoms with van der Waals surface area (Å²) in [4.78, 5) is 45.4. The van der Waals surface area contributed by atoms with Crippen LogP contribution in [0.2, 0.25) is 0 Å². The number of nitrogens with zero attached hydrogens (tertiary/aromatic N) is 7. The molecular weight excluding hydrogens is 602 g/mol. The standard InChI is InChI=1S/C21H26FN10O10P/c1-8(31-5-27-11-15(23)25-4-26-16(11)31)40-10-3-39-43(35,36)42-14-13(33)20(38-7-37-9(10)2-22)41-19(14)32-6-28-12-17(32)29-21(24)30-18(12)34/h4-6,8-10,13-14,19-20,33H,2-3,7H2,1H3,(H,35,36)(H2,23,25,26)(H3,24,29,30,34)/t8-,9-,10?,13?,14?,19?,20?/m1/s1. The van der Waals surface area contributed by atoms with Crippen LogP contribution in [-0.4, -0.2) is 99.8 Å². The zero-order valence-corrected chi connectivity index (χ0v) is 23.1. The van der Waals surface area contributed by atoms with Crippen LogP contribution in [0.5, 0.6) is 0 Å². The molecule has 2 aliphatic heterocycles. The molecule has 0 aromatic carbocycles. The Morgan fingerprint density at radius 2 is 2.00 bits per heavy atom. The van der Waals surface area contributed by atoms with Gasteiger partial charge in [-0.1, -0.05) is 0 Å². The number of ether oxygens (including phenoxy) is 4. The highest BCUT2D eigenvalue weighted by molar-refractivity contribution is 7.47. The average molecular weight is 628 g/mol. The topological polar surface area (TPSA) is 272 Å². The molecule has 0 saturated carbocycles. The summed E-state index contributed by atoms with van der Waals surface area (Å²) in [5.41, 5.74) is 11.3. The number of nitrogens with two attached hydrogens (primary N) is 2. The first-order valence-electron chi connectivity index (χ1n) is 12.7. The minimum Gasteiger partial charge on any atom is -0.385 e. The second-order valence-electron chi connectivity index (χ2n) is 9.50. The monoisotopic (exact) mass is 628 g/mol. The molecule has 2 saturated heterocycles. The maximum atomic E-state index is 14.2. The summed E-state index contributed by atoms with van der Waals surface area (Å²) in [7, 11) is -5.02. The van der Waals surface area contributed by atoms with E-state index in [9.17, 15) is 23.7 Å². The first-order valence-corrected chi connectivity index (χ1v) is 14.1. The first-order chi connectivity index (χ1) is 20.6. The van der Waals surface area contributed by atoms with Crippen LogP contribution in [0.15, 0.2) is 23.8 Å². The van der Waals surface area contributed by atoms with E-state index in [1.807, 2.05) is 0 Å². The quantitative estimate of drug-likeness (QED) is 0.167. The number of aromatic amines is 1. The van der Waals surface area contributed by atoms with Crippen molar-refractivity contribution in [1.82, 2.24) is 39.0 Å². The van der Waals surface area contributed by atoms with Crippen LogP contribution in [0.25, 0.3) is 22.3 Å². The smallest absolute Gasteiger partial charge is 0.385 e. The lowest BCUT2D eigenvalue weighted by Gasteiger charge is -2.30. The zero-order valence-electron chi connectivity index (χ0n) is 22.2. The van der Waals surface area contributed by atoms with E-state index in [-0.39, 0.29) is 22.9 Å². The molecule has 43 heavy (non-hydrogen) atoms. The summed E-state index contributed by atoms with van der Waals surface area (Å²) < 4.78 is 63.2. The number of halogens is 1. The molecule has 2 aliphatic rings. The SMILES string of the molecule is C[C@@H](OC1COP(=O)(O)OC2C(O)C(OCO[C@@H]1CF)OC2n1cnc2c(=O)[nH]c(N)nc21)n1cnc2c(N)ncnc21. The molecular formula is C21H26FN10O10P. The van der Waals surface area contributed by atoms with Crippen LogP contribution >= 0.6 is 7.82 Å². The Morgan fingerprint density at radius 1 is 1.21 bits per heavy atom. The maximum Gasteiger partial charge on any atom is 0.472 e. The minimum absolute atomic E-state index is 0.0686. The summed E-state index contributed by atoms with van der Waals surface area (Å²) in [6.45, 7) is -0.834. The van der Waals surface area contributed by atoms with Gasteiger partial charge in [0.05, 0.1) is 19.3 Å². The van der Waals surface area contributed by atoms with Gasteiger partial charge in [-0.25, -0.2) is 28.9 Å². The lowest BCUT2D eigenvalue weighted by Crippen LogP contribution is -2.41. The highest BCUT2D eigenvalue weighted by atomic mass is 31.2. The number of hydrogen-bond acceptors (Lipinski definition) is 16. The Kier molecular flexibility index (Phi) is 7.83. The number of aliphatic hydroxyl groups excluding tert-OH is 1. The Morgan fingerprint density at radius 3 is 2.79 bits per heavy atom. The summed E-state index contributed by atoms with van der Waals surface area (Å²) in [5.74, 6) is -0.103. The van der Waals surface area contributed by atoms with Crippen LogP contribution in [0.1, 0.15) is 19.4 Å². The van der Waals surface area contributed by atoms with E-state index >= 15 is 0 Å². The summed E-state index contributed by atoms with van der Waals surface area (Å²) >= 11 is 0. The third-order valence-electron chi connectivity index (χ3n) is 6.78. The van der Waals surface area contributed by atoms with Crippen molar-refractivity contribution in [3.05, 3.63) is 29.3 Å². The Bertz CT molecular complexity index is 1740. The first kappa shape index (κ1) is 29.4. The molecule has 22 heteroatoms. The van der Waals surface area contributed by atoms with Crippen LogP contribution in [-0.2, 0) is 32.6 Å². The van der Waals surface area contributed by atoms with Gasteiger partial charge in [0.25, 0.3) is 5.56 Å². The van der Waals surface area contributed by atoms with Gasteiger partial charge in [-0.3, -0.25) is 28.0 Å². The molecule has 0 amide bonds. The van der Waals surface area contributed by atoms with Gasteiger partial charge in [-0.15, -0.1) is 0 Å². The Hall–Kier alpha value is -3.66. The number of anilines is 2. The van der Waals surface area contributed by atoms with Crippen molar-refractivity contribution in [2.75, 3.05) is 31.5 Å². The summed E-state index contributed by atoms with van der Waals surface area (Å²) in [5, 5.41) is 10.9. The molecule has 8 atom stereocenters. The van der Waals surface area contributed by atoms with Gasteiger partial charge in [0.1, 0.15) is 49.2 Å². The number of imidazole rings is 2. The fraction of sp³-hybridized carbons (Fsp3) is 0.524. The van der Waals surface area contributed by atoms with Gasteiger partial charge in [0, 0.05) is 0 Å². The molecule has 6 heterocycles. The lowest BCUT2D eigenvalue weighted by atomic mass is 10.2. The van der Waals surface area contributed by atoms with E-state index < -0.39 is 76.6 Å². The average Bonchev–Trinajstić information content (AvgIpc) is 3.66. The van der Waals surface area contributed by atoms with Crippen molar-refractivity contribution in [2.45, 2.75) is 50.1 Å². The molecule has 4 aromatic rings. The number of phosphoric acid groups is 1. The van der Waals surface area contributed by atoms with Crippen LogP contribution in [0, 0.1) is 0 Å². The number of aromatic nitrogens is 8. The Labute approximate surface area is 239 Å². The van der Waals surface area contributed by atoms with E-state index in [2.05, 4.69) is 29.9 Å². The molecule has 2 bridgehead atoms. The van der Waals surface area contributed by atoms with Gasteiger partial charge in [0.15, 0.2) is 41.9 Å². The highest BCUT2D eigenvalue weighted by Crippen LogP contribution is 2.50. The number of H-pyrrole nitrogens is 1. The summed E-state index contributed by atoms with van der Waals surface area (Å²) in [6.07, 6.45) is -5.99. The fourth-order valence-corrected chi connectivity index (χ4v) is 5.64. The largest absolute Gasteiger partial charge is 0.472 e. The number of nitrogens with one attached hydrogen (secondary N) is 1. The van der Waals surface area contributed by atoms with Crippen LogP contribution in [0.4, 0.5) is 16.2 Å². The van der Waals surface area contributed by atoms with E-state index in [0.717, 1.165) is 6.33 Å². The van der Waals surface area contributed by atoms with E-state index in [0.29, 0.717) is 11.2 Å². The molecule has 0 spiro atoms. The molecule has 0 aliphatic carbocycles. The zero-order chi connectivity index (χ0) is 30.5. The van der Waals surface area contributed by atoms with Gasteiger partial charge >= 0.3 is 7.82 Å². The summed E-state index contributed by atoms with van der Waals surface area (Å²) in [6, 6.07) is 0. The lowest BCUT2D eigenvalue weighted by molar-refractivity contribution is -0.241. The van der Waals surface area contributed by atoms with E-state index in [1.54, 1.807) is 6.92 Å². The van der Waals surface area contributed by atoms with Crippen molar-refractivity contribution in [3.63, 3.8) is 0 Å². The van der Waals surface area contributed by atoms with Crippen molar-refractivity contribution in [3.8, 4) is 0 Å². The molecule has 20 nitrogen and oxygen atoms in total. The van der Waals surface area contributed by atoms with Gasteiger partial charge < -0.3 is 40.4 Å². The third-order valence-corrected chi connectivity index (χ3v) is 7.77. The predicted octanol–water partition coefficient (Wildman–Crippen LogP) is -0.912. The number of hydrogen-bond donors (Lipinski definition) is 5.